The Kier molecular flexibility index (Phi) is 6.86. The molecule has 3 unspecified atom stereocenters. The number of hydrogen-bond acceptors (Lipinski definition) is 1. The van der Waals surface area contributed by atoms with E-state index in [-0.39, 0.29) is 5.54 Å². The highest BCUT2D eigenvalue weighted by Crippen LogP contribution is 2.60. The van der Waals surface area contributed by atoms with Gasteiger partial charge in [0.1, 0.15) is 0 Å². The molecule has 11 aromatic carbocycles. The van der Waals surface area contributed by atoms with Crippen molar-refractivity contribution in [2.24, 2.45) is 5.92 Å². The number of para-hydroxylation sites is 1. The summed E-state index contributed by atoms with van der Waals surface area (Å²) < 4.78 is 0. The summed E-state index contributed by atoms with van der Waals surface area (Å²) >= 11 is 0. The molecule has 0 N–H and O–H groups in total. The van der Waals surface area contributed by atoms with E-state index in [0.29, 0.717) is 11.8 Å². The first-order chi connectivity index (χ1) is 29.1. The van der Waals surface area contributed by atoms with E-state index >= 15 is 0 Å². The SMILES string of the molecule is CC1CCCC2(C)C1c1cc(-c3ccc4c5c(-c6ccccc6)c6c7cccc8cccc(c6c(-c6ccccc6)c5c5cccc3c54)c87)ccc1N2c1ccccc1. The molecule has 0 spiro atoms. The lowest BCUT2D eigenvalue weighted by molar-refractivity contribution is 0.223. The van der Waals surface area contributed by atoms with Crippen molar-refractivity contribution >= 4 is 76.0 Å². The highest BCUT2D eigenvalue weighted by Gasteiger charge is 2.52. The van der Waals surface area contributed by atoms with Crippen LogP contribution in [0, 0.1) is 5.92 Å². The Morgan fingerprint density at radius 1 is 0.475 bits per heavy atom. The van der Waals surface area contributed by atoms with Gasteiger partial charge in [-0.3, -0.25) is 0 Å². The Labute approximate surface area is 344 Å². The molecule has 0 bridgehead atoms. The minimum Gasteiger partial charge on any atom is -0.335 e. The van der Waals surface area contributed by atoms with Crippen molar-refractivity contribution in [2.75, 3.05) is 4.90 Å². The Morgan fingerprint density at radius 2 is 1.02 bits per heavy atom. The fourth-order valence-electron chi connectivity index (χ4n) is 12.5. The van der Waals surface area contributed by atoms with Gasteiger partial charge in [0.05, 0.1) is 0 Å². The van der Waals surface area contributed by atoms with Gasteiger partial charge in [0.2, 0.25) is 0 Å². The molecule has 1 heteroatoms. The molecule has 2 aliphatic rings. The van der Waals surface area contributed by atoms with Crippen molar-refractivity contribution in [3.05, 3.63) is 181 Å². The summed E-state index contributed by atoms with van der Waals surface area (Å²) in [6, 6.07) is 66.7. The normalized spacial score (nSPS) is 19.2. The lowest BCUT2D eigenvalue weighted by Gasteiger charge is -2.46. The van der Waals surface area contributed by atoms with Crippen LogP contribution in [0.3, 0.4) is 0 Å². The van der Waals surface area contributed by atoms with Crippen molar-refractivity contribution in [1.82, 2.24) is 0 Å². The summed E-state index contributed by atoms with van der Waals surface area (Å²) in [6.45, 7) is 5.02. The zero-order chi connectivity index (χ0) is 39.0. The molecule has 0 saturated heterocycles. The highest BCUT2D eigenvalue weighted by molar-refractivity contribution is 6.46. The monoisotopic (exact) mass is 753 g/mol. The average molecular weight is 754 g/mol. The summed E-state index contributed by atoms with van der Waals surface area (Å²) in [5.74, 6) is 1.09. The van der Waals surface area contributed by atoms with Crippen LogP contribution in [0.5, 0.6) is 0 Å². The molecule has 280 valence electrons. The zero-order valence-corrected chi connectivity index (χ0v) is 33.5. The molecule has 3 atom stereocenters. The van der Waals surface area contributed by atoms with E-state index in [1.165, 1.54) is 134 Å². The van der Waals surface area contributed by atoms with Crippen molar-refractivity contribution in [2.45, 2.75) is 44.6 Å². The van der Waals surface area contributed by atoms with Crippen molar-refractivity contribution < 1.29 is 0 Å². The maximum Gasteiger partial charge on any atom is 0.0495 e. The minimum atomic E-state index is 0.0503. The number of benzene rings is 9. The van der Waals surface area contributed by atoms with Crippen LogP contribution in [0.1, 0.15) is 44.6 Å². The number of rotatable bonds is 4. The van der Waals surface area contributed by atoms with Crippen LogP contribution in [0.4, 0.5) is 11.4 Å². The van der Waals surface area contributed by atoms with E-state index in [1.807, 2.05) is 0 Å². The van der Waals surface area contributed by atoms with Gasteiger partial charge in [-0.2, -0.15) is 0 Å². The van der Waals surface area contributed by atoms with Crippen molar-refractivity contribution in [1.29, 1.82) is 0 Å². The van der Waals surface area contributed by atoms with Gasteiger partial charge < -0.3 is 4.90 Å². The number of fused-ring (bicyclic) bond motifs is 9. The smallest absolute Gasteiger partial charge is 0.0495 e. The maximum atomic E-state index is 2.69. The van der Waals surface area contributed by atoms with Crippen LogP contribution in [0.25, 0.3) is 98.0 Å². The Morgan fingerprint density at radius 3 is 1.64 bits per heavy atom. The van der Waals surface area contributed by atoms with Gasteiger partial charge in [0, 0.05) is 22.8 Å². The van der Waals surface area contributed by atoms with Gasteiger partial charge in [-0.05, 0) is 154 Å². The van der Waals surface area contributed by atoms with Gasteiger partial charge in [0.15, 0.2) is 0 Å². The third kappa shape index (κ3) is 4.40. The fraction of sp³-hybridized carbons (Fsp3) is 0.138. The van der Waals surface area contributed by atoms with Gasteiger partial charge in [-0.15, -0.1) is 0 Å². The molecule has 1 aliphatic carbocycles. The molecule has 0 aromatic heterocycles. The molecule has 1 aliphatic heterocycles. The summed E-state index contributed by atoms with van der Waals surface area (Å²) in [4.78, 5) is 2.69. The Balaban J connectivity index is 1.15. The molecule has 1 fully saturated rings. The van der Waals surface area contributed by atoms with Crippen LogP contribution < -0.4 is 4.90 Å². The Hall–Kier alpha value is -6.70. The topological polar surface area (TPSA) is 3.24 Å². The molecule has 1 nitrogen and oxygen atoms in total. The maximum absolute atomic E-state index is 2.69. The van der Waals surface area contributed by atoms with Crippen molar-refractivity contribution in [3.8, 4) is 33.4 Å². The molecule has 0 radical (unpaired) electrons. The molecular weight excluding hydrogens is 711 g/mol. The van der Waals surface area contributed by atoms with E-state index < -0.39 is 0 Å². The lowest BCUT2D eigenvalue weighted by atomic mass is 9.67. The quantitative estimate of drug-likeness (QED) is 0.173. The minimum absolute atomic E-state index is 0.0503. The molecular formula is C58H43N. The van der Waals surface area contributed by atoms with Crippen LogP contribution in [0.15, 0.2) is 176 Å². The third-order valence-electron chi connectivity index (χ3n) is 14.7. The van der Waals surface area contributed by atoms with Gasteiger partial charge in [-0.25, -0.2) is 0 Å². The largest absolute Gasteiger partial charge is 0.335 e. The molecule has 1 heterocycles. The van der Waals surface area contributed by atoms with Crippen LogP contribution in [0.2, 0.25) is 0 Å². The molecule has 0 amide bonds. The first-order valence-electron chi connectivity index (χ1n) is 21.5. The molecule has 1 saturated carbocycles. The van der Waals surface area contributed by atoms with Crippen LogP contribution >= 0.6 is 0 Å². The second kappa shape index (κ2) is 12.2. The van der Waals surface area contributed by atoms with E-state index in [2.05, 4.69) is 195 Å². The van der Waals surface area contributed by atoms with E-state index in [9.17, 15) is 0 Å². The number of anilines is 2. The number of hydrogen-bond donors (Lipinski definition) is 0. The molecule has 11 aromatic rings. The molecule has 59 heavy (non-hydrogen) atoms. The van der Waals surface area contributed by atoms with Crippen LogP contribution in [-0.2, 0) is 0 Å². The van der Waals surface area contributed by atoms with Gasteiger partial charge in [0.25, 0.3) is 0 Å². The fourth-order valence-corrected chi connectivity index (χ4v) is 12.5. The second-order valence-electron chi connectivity index (χ2n) is 17.7. The molecule has 13 rings (SSSR count). The van der Waals surface area contributed by atoms with E-state index in [4.69, 9.17) is 0 Å². The summed E-state index contributed by atoms with van der Waals surface area (Å²) in [5.41, 5.74) is 12.1. The number of nitrogens with zero attached hydrogens (tertiary/aromatic N) is 1. The zero-order valence-electron chi connectivity index (χ0n) is 33.5. The van der Waals surface area contributed by atoms with Crippen LogP contribution in [-0.4, -0.2) is 5.54 Å². The lowest BCUT2D eigenvalue weighted by Crippen LogP contribution is -2.47. The van der Waals surface area contributed by atoms with Gasteiger partial charge in [-0.1, -0.05) is 165 Å². The van der Waals surface area contributed by atoms with E-state index in [0.717, 1.165) is 0 Å². The summed E-state index contributed by atoms with van der Waals surface area (Å²) in [7, 11) is 0. The first-order valence-corrected chi connectivity index (χ1v) is 21.5. The standard InChI is InChI=1S/C58H43N/c1-35-16-15-33-58(2)57(35)47-34-39(29-32-48(47)59(58)40-23-10-5-11-24-40)41-30-31-46-52-42(41)25-14-28-45(52)55-50(37-17-6-3-7-18-37)53-43-26-12-21-36-22-13-27-44(49(36)43)54(53)51(56(46)55)38-19-8-4-9-20-38/h3-14,17-32,34-35,57H,15-16,33H2,1-2H3. The Bertz CT molecular complexity index is 3310. The third-order valence-corrected chi connectivity index (χ3v) is 14.7. The summed E-state index contributed by atoms with van der Waals surface area (Å²) in [6.07, 6.45) is 3.76. The highest BCUT2D eigenvalue weighted by atomic mass is 15.2. The predicted molar refractivity (Wildman–Crippen MR) is 253 cm³/mol. The average Bonchev–Trinajstić information content (AvgIpc) is 3.89. The van der Waals surface area contributed by atoms with Gasteiger partial charge >= 0.3 is 0 Å². The summed E-state index contributed by atoms with van der Waals surface area (Å²) in [5, 5.41) is 16.1. The van der Waals surface area contributed by atoms with Crippen molar-refractivity contribution in [3.63, 3.8) is 0 Å². The van der Waals surface area contributed by atoms with E-state index in [1.54, 1.807) is 0 Å². The second-order valence-corrected chi connectivity index (χ2v) is 17.7. The predicted octanol–water partition coefficient (Wildman–Crippen LogP) is 16.3. The first kappa shape index (κ1) is 33.3.